The van der Waals surface area contributed by atoms with Gasteiger partial charge in [0.15, 0.2) is 0 Å². The van der Waals surface area contributed by atoms with Crippen LogP contribution in [-0.4, -0.2) is 36.3 Å². The van der Waals surface area contributed by atoms with Crippen molar-refractivity contribution in [2.24, 2.45) is 5.92 Å². The Morgan fingerprint density at radius 1 is 1.32 bits per heavy atom. The second-order valence-electron chi connectivity index (χ2n) is 6.91. The smallest absolute Gasteiger partial charge is 0.417 e. The number of rotatable bonds is 3. The van der Waals surface area contributed by atoms with E-state index in [2.05, 4.69) is 0 Å². The van der Waals surface area contributed by atoms with Crippen molar-refractivity contribution in [3.8, 4) is 18.1 Å². The van der Waals surface area contributed by atoms with Gasteiger partial charge < -0.3 is 14.4 Å². The van der Waals surface area contributed by atoms with E-state index in [0.717, 1.165) is 6.07 Å². The fourth-order valence-corrected chi connectivity index (χ4v) is 2.34. The fourth-order valence-electron chi connectivity index (χ4n) is 2.34. The molecular formula is C18H20F3NO3. The SMILES string of the molecule is C#Cc1ccc(OCC2CN(C(=O)OC(C)(C)C)C2)cc1C(F)(F)F. The summed E-state index contributed by atoms with van der Waals surface area (Å²) in [5.41, 5.74) is -1.68. The van der Waals surface area contributed by atoms with Gasteiger partial charge in [0, 0.05) is 24.6 Å². The van der Waals surface area contributed by atoms with Gasteiger partial charge >= 0.3 is 12.3 Å². The first kappa shape index (κ1) is 19.0. The molecular weight excluding hydrogens is 335 g/mol. The molecule has 1 saturated heterocycles. The Morgan fingerprint density at radius 3 is 2.48 bits per heavy atom. The number of alkyl halides is 3. The van der Waals surface area contributed by atoms with Crippen LogP contribution in [0.2, 0.25) is 0 Å². The Hall–Kier alpha value is -2.36. The first-order valence-electron chi connectivity index (χ1n) is 7.78. The lowest BCUT2D eigenvalue weighted by molar-refractivity contribution is -0.137. The number of benzene rings is 1. The van der Waals surface area contributed by atoms with E-state index in [0.29, 0.717) is 13.1 Å². The van der Waals surface area contributed by atoms with Crippen LogP contribution in [0.4, 0.5) is 18.0 Å². The summed E-state index contributed by atoms with van der Waals surface area (Å²) in [6.45, 7) is 6.45. The summed E-state index contributed by atoms with van der Waals surface area (Å²) in [5.74, 6) is 2.17. The lowest BCUT2D eigenvalue weighted by Gasteiger charge is -2.39. The molecule has 0 aromatic heterocycles. The molecule has 2 rings (SSSR count). The van der Waals surface area contributed by atoms with E-state index in [1.807, 2.05) is 5.92 Å². The number of hydrogen-bond donors (Lipinski definition) is 0. The van der Waals surface area contributed by atoms with E-state index < -0.39 is 23.4 Å². The Kier molecular flexibility index (Phi) is 5.21. The van der Waals surface area contributed by atoms with Crippen LogP contribution < -0.4 is 4.74 Å². The maximum Gasteiger partial charge on any atom is 0.417 e. The van der Waals surface area contributed by atoms with Gasteiger partial charge in [-0.3, -0.25) is 0 Å². The van der Waals surface area contributed by atoms with Crippen LogP contribution in [0.5, 0.6) is 5.75 Å². The largest absolute Gasteiger partial charge is 0.493 e. The Bertz CT molecular complexity index is 680. The number of ether oxygens (including phenoxy) is 2. The maximum absolute atomic E-state index is 13.0. The third-order valence-corrected chi connectivity index (χ3v) is 3.55. The van der Waals surface area contributed by atoms with Gasteiger partial charge in [-0.2, -0.15) is 13.2 Å². The van der Waals surface area contributed by atoms with Gasteiger partial charge in [0.05, 0.1) is 12.2 Å². The van der Waals surface area contributed by atoms with Gasteiger partial charge in [0.25, 0.3) is 0 Å². The van der Waals surface area contributed by atoms with Crippen molar-refractivity contribution in [1.29, 1.82) is 0 Å². The van der Waals surface area contributed by atoms with Crippen LogP contribution >= 0.6 is 0 Å². The third-order valence-electron chi connectivity index (χ3n) is 3.55. The normalized spacial score (nSPS) is 15.3. The highest BCUT2D eigenvalue weighted by Gasteiger charge is 2.35. The standard InChI is InChI=1S/C18H20F3NO3/c1-5-13-6-7-14(8-15(13)18(19,20)21)24-11-12-9-22(10-12)16(23)25-17(2,3)4/h1,6-8,12H,9-11H2,2-4H3. The molecule has 0 N–H and O–H groups in total. The molecule has 1 aliphatic rings. The molecule has 7 heteroatoms. The molecule has 0 bridgehead atoms. The molecule has 1 fully saturated rings. The molecule has 136 valence electrons. The van der Waals surface area contributed by atoms with E-state index in [-0.39, 0.29) is 23.8 Å². The third kappa shape index (κ3) is 5.05. The zero-order chi connectivity index (χ0) is 18.8. The second-order valence-corrected chi connectivity index (χ2v) is 6.91. The number of halogens is 3. The lowest BCUT2D eigenvalue weighted by Crippen LogP contribution is -2.53. The Labute approximate surface area is 144 Å². The first-order valence-corrected chi connectivity index (χ1v) is 7.78. The summed E-state index contributed by atoms with van der Waals surface area (Å²) in [6, 6.07) is 3.53. The van der Waals surface area contributed by atoms with Crippen molar-refractivity contribution in [3.63, 3.8) is 0 Å². The average molecular weight is 355 g/mol. The average Bonchev–Trinajstić information content (AvgIpc) is 2.42. The van der Waals surface area contributed by atoms with Crippen molar-refractivity contribution in [1.82, 2.24) is 4.90 Å². The van der Waals surface area contributed by atoms with Crippen LogP contribution in [0.1, 0.15) is 31.9 Å². The van der Waals surface area contributed by atoms with Crippen LogP contribution in [0, 0.1) is 18.3 Å². The molecule has 0 radical (unpaired) electrons. The number of terminal acetylenes is 1. The molecule has 1 heterocycles. The highest BCUT2D eigenvalue weighted by atomic mass is 19.4. The first-order chi connectivity index (χ1) is 11.5. The number of likely N-dealkylation sites (tertiary alicyclic amines) is 1. The van der Waals surface area contributed by atoms with E-state index in [1.165, 1.54) is 17.0 Å². The number of hydrogen-bond acceptors (Lipinski definition) is 3. The monoisotopic (exact) mass is 355 g/mol. The summed E-state index contributed by atoms with van der Waals surface area (Å²) in [4.78, 5) is 13.3. The highest BCUT2D eigenvalue weighted by Crippen LogP contribution is 2.34. The lowest BCUT2D eigenvalue weighted by atomic mass is 10.0. The van der Waals surface area contributed by atoms with E-state index >= 15 is 0 Å². The Balaban J connectivity index is 1.88. The minimum Gasteiger partial charge on any atom is -0.493 e. The molecule has 1 amide bonds. The van der Waals surface area contributed by atoms with E-state index in [9.17, 15) is 18.0 Å². The van der Waals surface area contributed by atoms with Gasteiger partial charge in [-0.05, 0) is 39.0 Å². The predicted octanol–water partition coefficient (Wildman–Crippen LogP) is 3.93. The van der Waals surface area contributed by atoms with Gasteiger partial charge in [0.1, 0.15) is 11.4 Å². The topological polar surface area (TPSA) is 38.8 Å². The van der Waals surface area contributed by atoms with Gasteiger partial charge in [-0.25, -0.2) is 4.79 Å². The molecule has 25 heavy (non-hydrogen) atoms. The number of nitrogens with zero attached hydrogens (tertiary/aromatic N) is 1. The van der Waals surface area contributed by atoms with Gasteiger partial charge in [-0.1, -0.05) is 5.92 Å². The molecule has 0 aliphatic carbocycles. The molecule has 0 unspecified atom stereocenters. The van der Waals surface area contributed by atoms with Gasteiger partial charge in [0.2, 0.25) is 0 Å². The zero-order valence-electron chi connectivity index (χ0n) is 14.3. The van der Waals surface area contributed by atoms with Crippen LogP contribution in [0.3, 0.4) is 0 Å². The van der Waals surface area contributed by atoms with E-state index in [1.54, 1.807) is 20.8 Å². The van der Waals surface area contributed by atoms with Crippen molar-refractivity contribution >= 4 is 6.09 Å². The molecule has 1 aliphatic heterocycles. The molecule has 4 nitrogen and oxygen atoms in total. The highest BCUT2D eigenvalue weighted by molar-refractivity contribution is 5.69. The molecule has 0 spiro atoms. The van der Waals surface area contributed by atoms with Crippen LogP contribution in [0.25, 0.3) is 0 Å². The van der Waals surface area contributed by atoms with E-state index in [4.69, 9.17) is 15.9 Å². The molecule has 1 aromatic carbocycles. The summed E-state index contributed by atoms with van der Waals surface area (Å²) in [5, 5.41) is 0. The summed E-state index contributed by atoms with van der Waals surface area (Å²) >= 11 is 0. The molecule has 0 atom stereocenters. The maximum atomic E-state index is 13.0. The predicted molar refractivity (Wildman–Crippen MR) is 86.2 cm³/mol. The van der Waals surface area contributed by atoms with Crippen LogP contribution in [-0.2, 0) is 10.9 Å². The quantitative estimate of drug-likeness (QED) is 0.771. The minimum atomic E-state index is -4.54. The second kappa shape index (κ2) is 6.87. The van der Waals surface area contributed by atoms with Gasteiger partial charge in [-0.15, -0.1) is 6.42 Å². The van der Waals surface area contributed by atoms with Crippen molar-refractivity contribution < 1.29 is 27.4 Å². The van der Waals surface area contributed by atoms with Crippen LogP contribution in [0.15, 0.2) is 18.2 Å². The minimum absolute atomic E-state index is 0.0502. The summed E-state index contributed by atoms with van der Waals surface area (Å²) in [6.07, 6.45) is 0.159. The molecule has 1 aromatic rings. The fraction of sp³-hybridized carbons (Fsp3) is 0.500. The number of carbonyl (C=O) groups is 1. The Morgan fingerprint density at radius 2 is 1.96 bits per heavy atom. The van der Waals surface area contributed by atoms with Crippen molar-refractivity contribution in [3.05, 3.63) is 29.3 Å². The number of amides is 1. The number of carbonyl (C=O) groups excluding carboxylic acids is 1. The zero-order valence-corrected chi connectivity index (χ0v) is 14.3. The summed E-state index contributed by atoms with van der Waals surface area (Å²) in [7, 11) is 0. The summed E-state index contributed by atoms with van der Waals surface area (Å²) < 4.78 is 49.5. The molecule has 0 saturated carbocycles. The van der Waals surface area contributed by atoms with Crippen molar-refractivity contribution in [2.75, 3.05) is 19.7 Å². The van der Waals surface area contributed by atoms with Crippen molar-refractivity contribution in [2.45, 2.75) is 32.5 Å².